The molecule has 1 aromatic rings. The first-order valence-electron chi connectivity index (χ1n) is 6.30. The summed E-state index contributed by atoms with van der Waals surface area (Å²) < 4.78 is 0. The van der Waals surface area contributed by atoms with Crippen molar-refractivity contribution in [3.8, 4) is 0 Å². The lowest BCUT2D eigenvalue weighted by Crippen LogP contribution is -2.17. The summed E-state index contributed by atoms with van der Waals surface area (Å²) in [7, 11) is 0. The second kappa shape index (κ2) is 6.31. The highest BCUT2D eigenvalue weighted by atomic mass is 32.1. The van der Waals surface area contributed by atoms with E-state index in [1.54, 1.807) is 0 Å². The second-order valence-electron chi connectivity index (χ2n) is 4.62. The van der Waals surface area contributed by atoms with Crippen LogP contribution in [0.15, 0.2) is 24.3 Å². The van der Waals surface area contributed by atoms with Crippen LogP contribution in [-0.2, 0) is 13.1 Å². The molecule has 0 radical (unpaired) electrons. The van der Waals surface area contributed by atoms with Gasteiger partial charge >= 0.3 is 0 Å². The highest BCUT2D eigenvalue weighted by Gasteiger charge is 2.16. The molecule has 0 unspecified atom stereocenters. The number of unbranched alkanes of at least 4 members (excludes halogenated alkanes) is 3. The monoisotopic (exact) mass is 235 g/mol. The molecule has 88 valence electrons. The smallest absolute Gasteiger partial charge is 0.0240 e. The maximum atomic E-state index is 4.23. The average molecular weight is 235 g/mol. The van der Waals surface area contributed by atoms with Crippen molar-refractivity contribution in [2.75, 3.05) is 12.3 Å². The van der Waals surface area contributed by atoms with Crippen LogP contribution in [0, 0.1) is 0 Å². The highest BCUT2D eigenvalue weighted by Crippen LogP contribution is 2.22. The number of hydrogen-bond acceptors (Lipinski definition) is 2. The summed E-state index contributed by atoms with van der Waals surface area (Å²) in [5.41, 5.74) is 3.05. The van der Waals surface area contributed by atoms with Gasteiger partial charge in [-0.25, -0.2) is 0 Å². The molecule has 1 aliphatic heterocycles. The third-order valence-electron chi connectivity index (χ3n) is 3.29. The summed E-state index contributed by atoms with van der Waals surface area (Å²) in [4.78, 5) is 2.56. The van der Waals surface area contributed by atoms with Crippen LogP contribution in [0.3, 0.4) is 0 Å². The normalized spacial score (nSPS) is 15.3. The molecule has 0 N–H and O–H groups in total. The molecule has 2 rings (SSSR count). The summed E-state index contributed by atoms with van der Waals surface area (Å²) in [6, 6.07) is 8.82. The Kier molecular flexibility index (Phi) is 4.73. The molecule has 1 nitrogen and oxygen atoms in total. The van der Waals surface area contributed by atoms with Gasteiger partial charge in [-0.2, -0.15) is 12.6 Å². The zero-order chi connectivity index (χ0) is 11.2. The number of benzene rings is 1. The molecule has 0 saturated heterocycles. The van der Waals surface area contributed by atoms with Gasteiger partial charge in [0.1, 0.15) is 0 Å². The molecule has 0 atom stereocenters. The first-order chi connectivity index (χ1) is 7.90. The molecule has 0 amide bonds. The lowest BCUT2D eigenvalue weighted by atomic mass is 10.1. The molecule has 16 heavy (non-hydrogen) atoms. The van der Waals surface area contributed by atoms with Crippen LogP contribution < -0.4 is 0 Å². The molecular weight excluding hydrogens is 214 g/mol. The fourth-order valence-electron chi connectivity index (χ4n) is 2.36. The maximum absolute atomic E-state index is 4.23. The van der Waals surface area contributed by atoms with E-state index in [1.807, 2.05) is 0 Å². The van der Waals surface area contributed by atoms with Gasteiger partial charge in [-0.15, -0.1) is 0 Å². The van der Waals surface area contributed by atoms with E-state index < -0.39 is 0 Å². The van der Waals surface area contributed by atoms with Crippen LogP contribution in [-0.4, -0.2) is 17.2 Å². The van der Waals surface area contributed by atoms with Gasteiger partial charge in [-0.1, -0.05) is 37.1 Å². The molecule has 0 aromatic heterocycles. The van der Waals surface area contributed by atoms with Crippen molar-refractivity contribution in [1.82, 2.24) is 4.90 Å². The summed E-state index contributed by atoms with van der Waals surface area (Å²) in [5, 5.41) is 0. The average Bonchev–Trinajstić information content (AvgIpc) is 2.71. The molecule has 0 spiro atoms. The molecule has 1 aliphatic rings. The molecule has 1 aromatic carbocycles. The van der Waals surface area contributed by atoms with Crippen molar-refractivity contribution >= 4 is 12.6 Å². The van der Waals surface area contributed by atoms with Gasteiger partial charge in [0, 0.05) is 13.1 Å². The lowest BCUT2D eigenvalue weighted by molar-refractivity contribution is 0.276. The van der Waals surface area contributed by atoms with Crippen LogP contribution in [0.1, 0.15) is 36.8 Å². The van der Waals surface area contributed by atoms with Crippen LogP contribution in [0.25, 0.3) is 0 Å². The zero-order valence-electron chi connectivity index (χ0n) is 9.86. The quantitative estimate of drug-likeness (QED) is 0.583. The van der Waals surface area contributed by atoms with E-state index in [1.165, 1.54) is 43.4 Å². The van der Waals surface area contributed by atoms with E-state index in [0.717, 1.165) is 18.8 Å². The van der Waals surface area contributed by atoms with Crippen LogP contribution in [0.4, 0.5) is 0 Å². The van der Waals surface area contributed by atoms with Gasteiger partial charge in [0.2, 0.25) is 0 Å². The van der Waals surface area contributed by atoms with E-state index in [2.05, 4.69) is 41.8 Å². The summed E-state index contributed by atoms with van der Waals surface area (Å²) in [5.74, 6) is 1.04. The number of nitrogens with zero attached hydrogens (tertiary/aromatic N) is 1. The van der Waals surface area contributed by atoms with Gasteiger partial charge in [0.05, 0.1) is 0 Å². The van der Waals surface area contributed by atoms with Gasteiger partial charge in [-0.05, 0) is 36.3 Å². The fraction of sp³-hybridized carbons (Fsp3) is 0.571. The van der Waals surface area contributed by atoms with Crippen LogP contribution in [0.5, 0.6) is 0 Å². The first-order valence-corrected chi connectivity index (χ1v) is 6.93. The minimum atomic E-state index is 1.04. The summed E-state index contributed by atoms with van der Waals surface area (Å²) in [6.45, 7) is 3.56. The van der Waals surface area contributed by atoms with E-state index in [0.29, 0.717) is 0 Å². The molecular formula is C14H21NS. The molecule has 2 heteroatoms. The van der Waals surface area contributed by atoms with Crippen molar-refractivity contribution in [2.45, 2.75) is 38.8 Å². The Hall–Kier alpha value is -0.470. The van der Waals surface area contributed by atoms with Gasteiger partial charge in [0.25, 0.3) is 0 Å². The molecule has 0 bridgehead atoms. The van der Waals surface area contributed by atoms with Crippen LogP contribution in [0.2, 0.25) is 0 Å². The van der Waals surface area contributed by atoms with E-state index in [-0.39, 0.29) is 0 Å². The second-order valence-corrected chi connectivity index (χ2v) is 5.06. The van der Waals surface area contributed by atoms with E-state index >= 15 is 0 Å². The highest BCUT2D eigenvalue weighted by molar-refractivity contribution is 7.80. The number of thiol groups is 1. The van der Waals surface area contributed by atoms with E-state index in [4.69, 9.17) is 0 Å². The largest absolute Gasteiger partial charge is 0.295 e. The van der Waals surface area contributed by atoms with Crippen LogP contribution >= 0.6 is 12.6 Å². The van der Waals surface area contributed by atoms with E-state index in [9.17, 15) is 0 Å². The molecule has 0 fully saturated rings. The summed E-state index contributed by atoms with van der Waals surface area (Å²) >= 11 is 4.23. The van der Waals surface area contributed by atoms with Crippen molar-refractivity contribution in [1.29, 1.82) is 0 Å². The number of hydrogen-bond donors (Lipinski definition) is 1. The lowest BCUT2D eigenvalue weighted by Gasteiger charge is -2.14. The Morgan fingerprint density at radius 1 is 0.938 bits per heavy atom. The third-order valence-corrected chi connectivity index (χ3v) is 3.60. The minimum absolute atomic E-state index is 1.04. The van der Waals surface area contributed by atoms with Crippen molar-refractivity contribution in [3.63, 3.8) is 0 Å². The Bertz CT molecular complexity index is 299. The number of rotatable bonds is 6. The fourth-order valence-corrected chi connectivity index (χ4v) is 2.59. The summed E-state index contributed by atoms with van der Waals surface area (Å²) in [6.07, 6.45) is 5.29. The molecule has 0 saturated carbocycles. The SMILES string of the molecule is SCCCCCCN1Cc2ccccc2C1. The minimum Gasteiger partial charge on any atom is -0.295 e. The zero-order valence-corrected chi connectivity index (χ0v) is 10.8. The molecule has 0 aliphatic carbocycles. The Labute approximate surface area is 104 Å². The standard InChI is InChI=1S/C14H21NS/c16-10-6-2-1-5-9-15-11-13-7-3-4-8-14(13)12-15/h3-4,7-8,16H,1-2,5-6,9-12H2. The Morgan fingerprint density at radius 2 is 1.56 bits per heavy atom. The van der Waals surface area contributed by atoms with Crippen molar-refractivity contribution < 1.29 is 0 Å². The number of fused-ring (bicyclic) bond motifs is 1. The van der Waals surface area contributed by atoms with Gasteiger partial charge in [0.15, 0.2) is 0 Å². The molecule has 1 heterocycles. The van der Waals surface area contributed by atoms with Gasteiger partial charge in [-0.3, -0.25) is 4.90 Å². The van der Waals surface area contributed by atoms with Crippen molar-refractivity contribution in [3.05, 3.63) is 35.4 Å². The third kappa shape index (κ3) is 3.26. The first kappa shape index (κ1) is 12.0. The maximum Gasteiger partial charge on any atom is 0.0240 e. The van der Waals surface area contributed by atoms with Crippen molar-refractivity contribution in [2.24, 2.45) is 0 Å². The Morgan fingerprint density at radius 3 is 2.19 bits per heavy atom. The predicted octanol–water partition coefficient (Wildman–Crippen LogP) is 3.49. The predicted molar refractivity (Wildman–Crippen MR) is 72.9 cm³/mol. The van der Waals surface area contributed by atoms with Gasteiger partial charge < -0.3 is 0 Å². The topological polar surface area (TPSA) is 3.24 Å². The Balaban J connectivity index is 1.67.